The summed E-state index contributed by atoms with van der Waals surface area (Å²) in [6.45, 7) is 0. The SMILES string of the molecule is O=S(=O)(Nc1ccccc1)c1sccc1C=NO. The molecule has 0 aliphatic heterocycles. The molecule has 0 unspecified atom stereocenters. The molecule has 0 aliphatic rings. The van der Waals surface area contributed by atoms with Crippen LogP contribution in [-0.4, -0.2) is 19.8 Å². The van der Waals surface area contributed by atoms with Gasteiger partial charge in [0.2, 0.25) is 0 Å². The summed E-state index contributed by atoms with van der Waals surface area (Å²) in [5.41, 5.74) is 0.837. The van der Waals surface area contributed by atoms with Crippen LogP contribution in [0.5, 0.6) is 0 Å². The van der Waals surface area contributed by atoms with Gasteiger partial charge in [0.25, 0.3) is 10.0 Å². The van der Waals surface area contributed by atoms with Crippen molar-refractivity contribution < 1.29 is 13.6 Å². The van der Waals surface area contributed by atoms with Gasteiger partial charge >= 0.3 is 0 Å². The molecule has 0 amide bonds. The van der Waals surface area contributed by atoms with Crippen molar-refractivity contribution in [1.29, 1.82) is 0 Å². The Morgan fingerprint density at radius 3 is 2.61 bits per heavy atom. The highest BCUT2D eigenvalue weighted by Crippen LogP contribution is 2.23. The minimum Gasteiger partial charge on any atom is -0.411 e. The molecule has 0 spiro atoms. The summed E-state index contributed by atoms with van der Waals surface area (Å²) in [5.74, 6) is 0. The molecule has 0 atom stereocenters. The predicted molar refractivity (Wildman–Crippen MR) is 71.0 cm³/mol. The molecule has 0 saturated carbocycles. The van der Waals surface area contributed by atoms with Gasteiger partial charge in [-0.15, -0.1) is 11.3 Å². The molecule has 18 heavy (non-hydrogen) atoms. The third kappa shape index (κ3) is 2.69. The van der Waals surface area contributed by atoms with Crippen molar-refractivity contribution >= 4 is 33.3 Å². The Morgan fingerprint density at radius 1 is 1.22 bits per heavy atom. The number of benzene rings is 1. The maximum Gasteiger partial charge on any atom is 0.272 e. The van der Waals surface area contributed by atoms with Crippen LogP contribution in [0.15, 0.2) is 51.1 Å². The number of oxime groups is 1. The fourth-order valence-electron chi connectivity index (χ4n) is 1.39. The zero-order chi connectivity index (χ0) is 13.0. The number of rotatable bonds is 4. The van der Waals surface area contributed by atoms with E-state index in [1.807, 2.05) is 0 Å². The maximum atomic E-state index is 12.1. The Balaban J connectivity index is 2.34. The second kappa shape index (κ2) is 5.19. The topological polar surface area (TPSA) is 78.8 Å². The van der Waals surface area contributed by atoms with Gasteiger partial charge in [-0.2, -0.15) is 0 Å². The second-order valence-electron chi connectivity index (χ2n) is 3.38. The largest absolute Gasteiger partial charge is 0.411 e. The number of hydrogen-bond donors (Lipinski definition) is 2. The molecule has 1 heterocycles. The van der Waals surface area contributed by atoms with Gasteiger partial charge in [0.15, 0.2) is 0 Å². The minimum absolute atomic E-state index is 0.115. The van der Waals surface area contributed by atoms with Gasteiger partial charge < -0.3 is 5.21 Å². The highest BCUT2D eigenvalue weighted by molar-refractivity contribution is 7.94. The van der Waals surface area contributed by atoms with Crippen molar-refractivity contribution in [2.24, 2.45) is 5.16 Å². The highest BCUT2D eigenvalue weighted by atomic mass is 32.2. The lowest BCUT2D eigenvalue weighted by Gasteiger charge is -2.06. The normalized spacial score (nSPS) is 11.8. The molecule has 0 bridgehead atoms. The van der Waals surface area contributed by atoms with Crippen LogP contribution in [0.3, 0.4) is 0 Å². The highest BCUT2D eigenvalue weighted by Gasteiger charge is 2.19. The summed E-state index contributed by atoms with van der Waals surface area (Å²) >= 11 is 1.06. The number of thiophene rings is 1. The van der Waals surface area contributed by atoms with E-state index in [1.165, 1.54) is 0 Å². The number of nitrogens with zero attached hydrogens (tertiary/aromatic N) is 1. The number of hydrogen-bond acceptors (Lipinski definition) is 5. The molecule has 94 valence electrons. The van der Waals surface area contributed by atoms with Crippen molar-refractivity contribution in [2.75, 3.05) is 4.72 Å². The molecule has 0 aliphatic carbocycles. The van der Waals surface area contributed by atoms with Crippen molar-refractivity contribution in [2.45, 2.75) is 4.21 Å². The molecular weight excluding hydrogens is 272 g/mol. The van der Waals surface area contributed by atoms with Gasteiger partial charge in [0.1, 0.15) is 4.21 Å². The van der Waals surface area contributed by atoms with Crippen LogP contribution >= 0.6 is 11.3 Å². The molecular formula is C11H10N2O3S2. The number of nitrogens with one attached hydrogen (secondary N) is 1. The molecule has 0 radical (unpaired) electrons. The Hall–Kier alpha value is -1.86. The molecule has 7 heteroatoms. The first-order valence-corrected chi connectivity index (χ1v) is 7.32. The molecule has 2 rings (SSSR count). The number of anilines is 1. The van der Waals surface area contributed by atoms with E-state index in [9.17, 15) is 8.42 Å². The van der Waals surface area contributed by atoms with Crippen LogP contribution in [0.1, 0.15) is 5.56 Å². The van der Waals surface area contributed by atoms with Gasteiger partial charge in [0, 0.05) is 11.3 Å². The maximum absolute atomic E-state index is 12.1. The molecule has 2 N–H and O–H groups in total. The zero-order valence-electron chi connectivity index (χ0n) is 9.15. The van der Waals surface area contributed by atoms with Crippen molar-refractivity contribution in [1.82, 2.24) is 0 Å². The first-order chi connectivity index (χ1) is 8.63. The average molecular weight is 282 g/mol. The van der Waals surface area contributed by atoms with Crippen molar-refractivity contribution in [3.8, 4) is 0 Å². The quantitative estimate of drug-likeness (QED) is 0.513. The van der Waals surface area contributed by atoms with Crippen LogP contribution in [0.2, 0.25) is 0 Å². The number of para-hydroxylation sites is 1. The second-order valence-corrected chi connectivity index (χ2v) is 6.17. The lowest BCUT2D eigenvalue weighted by molar-refractivity contribution is 0.322. The average Bonchev–Trinajstić information content (AvgIpc) is 2.79. The molecule has 1 aromatic carbocycles. The summed E-state index contributed by atoms with van der Waals surface area (Å²) in [4.78, 5) is 0. The Morgan fingerprint density at radius 2 is 1.94 bits per heavy atom. The standard InChI is InChI=1S/C11H10N2O3S2/c14-12-8-9-6-7-17-11(9)18(15,16)13-10-4-2-1-3-5-10/h1-8,13-14H. The Labute approximate surface area is 108 Å². The fraction of sp³-hybridized carbons (Fsp3) is 0. The van der Waals surface area contributed by atoms with E-state index >= 15 is 0 Å². The summed E-state index contributed by atoms with van der Waals surface area (Å²) in [5, 5.41) is 12.9. The van der Waals surface area contributed by atoms with E-state index in [2.05, 4.69) is 9.88 Å². The summed E-state index contributed by atoms with van der Waals surface area (Å²) in [6.07, 6.45) is 1.09. The minimum atomic E-state index is -3.66. The first kappa shape index (κ1) is 12.6. The monoisotopic (exact) mass is 282 g/mol. The smallest absolute Gasteiger partial charge is 0.272 e. The molecule has 0 saturated heterocycles. The van der Waals surface area contributed by atoms with Crippen molar-refractivity contribution in [3.05, 3.63) is 47.3 Å². The van der Waals surface area contributed by atoms with E-state index in [0.717, 1.165) is 17.6 Å². The summed E-state index contributed by atoms with van der Waals surface area (Å²) in [6, 6.07) is 10.2. The van der Waals surface area contributed by atoms with E-state index in [1.54, 1.807) is 41.8 Å². The van der Waals surface area contributed by atoms with E-state index < -0.39 is 10.0 Å². The zero-order valence-corrected chi connectivity index (χ0v) is 10.8. The van der Waals surface area contributed by atoms with Gasteiger partial charge in [-0.3, -0.25) is 4.72 Å². The lowest BCUT2D eigenvalue weighted by Crippen LogP contribution is -2.12. The summed E-state index contributed by atoms with van der Waals surface area (Å²) in [7, 11) is -3.66. The molecule has 0 fully saturated rings. The van der Waals surface area contributed by atoms with E-state index in [-0.39, 0.29) is 4.21 Å². The van der Waals surface area contributed by atoms with Crippen LogP contribution < -0.4 is 4.72 Å². The lowest BCUT2D eigenvalue weighted by atomic mass is 10.3. The third-order valence-electron chi connectivity index (χ3n) is 2.13. The van der Waals surface area contributed by atoms with E-state index in [0.29, 0.717) is 11.3 Å². The van der Waals surface area contributed by atoms with Crippen LogP contribution in [0.4, 0.5) is 5.69 Å². The van der Waals surface area contributed by atoms with Crippen LogP contribution in [0, 0.1) is 0 Å². The van der Waals surface area contributed by atoms with Gasteiger partial charge in [-0.25, -0.2) is 8.42 Å². The fourth-order valence-corrected chi connectivity index (χ4v) is 3.75. The Kier molecular flexibility index (Phi) is 3.63. The van der Waals surface area contributed by atoms with Gasteiger partial charge in [-0.1, -0.05) is 23.4 Å². The molecule has 2 aromatic rings. The van der Waals surface area contributed by atoms with Crippen LogP contribution in [-0.2, 0) is 10.0 Å². The third-order valence-corrected chi connectivity index (χ3v) is 5.02. The Bertz CT molecular complexity index is 648. The summed E-state index contributed by atoms with van der Waals surface area (Å²) < 4.78 is 26.8. The predicted octanol–water partition coefficient (Wildman–Crippen LogP) is 2.36. The van der Waals surface area contributed by atoms with E-state index in [4.69, 9.17) is 5.21 Å². The number of sulfonamides is 1. The molecule has 5 nitrogen and oxygen atoms in total. The van der Waals surface area contributed by atoms with Crippen LogP contribution in [0.25, 0.3) is 0 Å². The first-order valence-electron chi connectivity index (χ1n) is 4.96. The van der Waals surface area contributed by atoms with Gasteiger partial charge in [0.05, 0.1) is 6.21 Å². The molecule has 1 aromatic heterocycles. The van der Waals surface area contributed by atoms with Crippen molar-refractivity contribution in [3.63, 3.8) is 0 Å². The van der Waals surface area contributed by atoms with Gasteiger partial charge in [-0.05, 0) is 23.6 Å².